The molecule has 0 bridgehead atoms. The van der Waals surface area contributed by atoms with Crippen LogP contribution in [0.5, 0.6) is 0 Å². The Morgan fingerprint density at radius 1 is 0.393 bits per heavy atom. The third-order valence-electron chi connectivity index (χ3n) is 9.66. The number of furan rings is 1. The van der Waals surface area contributed by atoms with Gasteiger partial charge in [0.2, 0.25) is 0 Å². The Morgan fingerprint density at radius 3 is 1.41 bits per heavy atom. The van der Waals surface area contributed by atoms with E-state index in [2.05, 4.69) is 53.4 Å². The van der Waals surface area contributed by atoms with Gasteiger partial charge in [-0.15, -0.1) is 0 Å². The number of para-hydroxylation sites is 2. The Bertz CT molecular complexity index is 3180. The van der Waals surface area contributed by atoms with E-state index in [1.54, 1.807) is 0 Å². The van der Waals surface area contributed by atoms with Crippen LogP contribution in [0.15, 0.2) is 211 Å². The average Bonchev–Trinajstić information content (AvgIpc) is 3.73. The van der Waals surface area contributed by atoms with E-state index in [0.717, 1.165) is 28.2 Å². The maximum Gasteiger partial charge on any atom is 0.164 e. The molecule has 0 radical (unpaired) electrons. The highest BCUT2D eigenvalue weighted by molar-refractivity contribution is 6.12. The van der Waals surface area contributed by atoms with Crippen molar-refractivity contribution in [3.8, 4) is 56.4 Å². The van der Waals surface area contributed by atoms with Crippen molar-refractivity contribution in [1.82, 2.24) is 15.0 Å². The monoisotopic (exact) mass is 724 g/mol. The normalized spacial score (nSPS) is 12.7. The van der Waals surface area contributed by atoms with Crippen molar-refractivity contribution in [2.75, 3.05) is 4.90 Å². The van der Waals surface area contributed by atoms with Crippen LogP contribution in [0.1, 0.15) is 8.22 Å². The summed E-state index contributed by atoms with van der Waals surface area (Å²) in [6, 6.07) is 53.1. The zero-order valence-electron chi connectivity index (χ0n) is 35.9. The Morgan fingerprint density at radius 2 is 0.857 bits per heavy atom. The predicted octanol–water partition coefficient (Wildman–Crippen LogP) is 13.6. The van der Waals surface area contributed by atoms with E-state index in [4.69, 9.17) is 22.1 Å². The van der Waals surface area contributed by atoms with Crippen LogP contribution in [-0.2, 0) is 0 Å². The Labute approximate surface area is 333 Å². The van der Waals surface area contributed by atoms with E-state index in [-0.39, 0.29) is 69.1 Å². The lowest BCUT2D eigenvalue weighted by atomic mass is 9.98. The Kier molecular flexibility index (Phi) is 6.91. The van der Waals surface area contributed by atoms with Gasteiger partial charge in [0.15, 0.2) is 17.5 Å². The second-order valence-electron chi connectivity index (χ2n) is 13.2. The minimum absolute atomic E-state index is 0.0302. The van der Waals surface area contributed by atoms with Crippen LogP contribution in [0.25, 0.3) is 78.4 Å². The SMILES string of the molecule is [2H]c1c([2H])c(-c2nc(-c3ccccc3)nc(-c3ccccc3)n2)c2c(oc3c([2H])c(-c4ccc(-c5ccc(N(c6ccccc6)c6ccccc6)cc5)cc4)c([2H])c([2H])c32)c1[2H]. The van der Waals surface area contributed by atoms with Gasteiger partial charge < -0.3 is 9.32 Å². The highest BCUT2D eigenvalue weighted by Gasteiger charge is 2.18. The summed E-state index contributed by atoms with van der Waals surface area (Å²) in [7, 11) is 0. The molecule has 0 unspecified atom stereocenters. The zero-order chi connectivity index (χ0) is 42.5. The number of fused-ring (bicyclic) bond motifs is 3. The fourth-order valence-electron chi connectivity index (χ4n) is 6.91. The average molecular weight is 725 g/mol. The van der Waals surface area contributed by atoms with Gasteiger partial charge in [-0.3, -0.25) is 0 Å². The van der Waals surface area contributed by atoms with Crippen molar-refractivity contribution in [2.45, 2.75) is 0 Å². The topological polar surface area (TPSA) is 55.1 Å². The second kappa shape index (κ2) is 14.3. The van der Waals surface area contributed by atoms with Gasteiger partial charge in [-0.1, -0.05) is 152 Å². The highest BCUT2D eigenvalue weighted by atomic mass is 16.3. The third-order valence-corrected chi connectivity index (χ3v) is 9.66. The molecular weight excluding hydrogens is 685 g/mol. The molecule has 10 aromatic rings. The number of hydrogen-bond acceptors (Lipinski definition) is 5. The van der Waals surface area contributed by atoms with E-state index in [1.807, 2.05) is 121 Å². The number of nitrogens with zero attached hydrogens (tertiary/aromatic N) is 4. The molecule has 0 fully saturated rings. The molecule has 8 aromatic carbocycles. The molecule has 5 nitrogen and oxygen atoms in total. The van der Waals surface area contributed by atoms with E-state index < -0.39 is 6.04 Å². The number of anilines is 3. The minimum atomic E-state index is -0.421. The Hall–Kier alpha value is -7.63. The lowest BCUT2D eigenvalue weighted by molar-refractivity contribution is 0.669. The molecule has 56 heavy (non-hydrogen) atoms. The number of hydrogen-bond donors (Lipinski definition) is 0. The quantitative estimate of drug-likeness (QED) is 0.156. The molecule has 264 valence electrons. The predicted molar refractivity (Wildman–Crippen MR) is 229 cm³/mol. The molecule has 0 aliphatic heterocycles. The summed E-state index contributed by atoms with van der Waals surface area (Å²) in [5.74, 6) is 0.697. The fourth-order valence-corrected chi connectivity index (χ4v) is 6.91. The van der Waals surface area contributed by atoms with E-state index in [9.17, 15) is 5.48 Å². The van der Waals surface area contributed by atoms with E-state index in [1.165, 1.54) is 0 Å². The Balaban J connectivity index is 1.07. The lowest BCUT2D eigenvalue weighted by Crippen LogP contribution is -2.09. The second-order valence-corrected chi connectivity index (χ2v) is 13.2. The summed E-state index contributed by atoms with van der Waals surface area (Å²) in [5.41, 5.74) is 7.05. The fraction of sp³-hybridized carbons (Fsp3) is 0. The lowest BCUT2D eigenvalue weighted by Gasteiger charge is -2.25. The zero-order valence-corrected chi connectivity index (χ0v) is 29.9. The molecule has 0 aliphatic carbocycles. The number of aromatic nitrogens is 3. The van der Waals surface area contributed by atoms with Gasteiger partial charge in [0.25, 0.3) is 0 Å². The van der Waals surface area contributed by atoms with Gasteiger partial charge in [0.1, 0.15) is 11.2 Å². The molecular formula is C51H34N4O. The molecule has 5 heteroatoms. The van der Waals surface area contributed by atoms with Gasteiger partial charge >= 0.3 is 0 Å². The summed E-state index contributed by atoms with van der Waals surface area (Å²) >= 11 is 0. The van der Waals surface area contributed by atoms with Crippen LogP contribution in [-0.4, -0.2) is 15.0 Å². The van der Waals surface area contributed by atoms with Crippen molar-refractivity contribution in [3.05, 3.63) is 206 Å². The molecule has 0 N–H and O–H groups in total. The van der Waals surface area contributed by atoms with Crippen LogP contribution < -0.4 is 4.90 Å². The van der Waals surface area contributed by atoms with Crippen LogP contribution in [0.2, 0.25) is 0 Å². The molecule has 0 saturated heterocycles. The highest BCUT2D eigenvalue weighted by Crippen LogP contribution is 2.39. The van der Waals surface area contributed by atoms with Crippen molar-refractivity contribution >= 4 is 39.0 Å². The van der Waals surface area contributed by atoms with E-state index in [0.29, 0.717) is 28.3 Å². The molecule has 0 amide bonds. The van der Waals surface area contributed by atoms with Crippen molar-refractivity contribution in [3.63, 3.8) is 0 Å². The van der Waals surface area contributed by atoms with Crippen molar-refractivity contribution in [1.29, 1.82) is 0 Å². The van der Waals surface area contributed by atoms with Crippen LogP contribution in [0.3, 0.4) is 0 Å². The first-order chi connectivity index (χ1) is 30.3. The summed E-state index contributed by atoms with van der Waals surface area (Å²) in [5, 5.41) is 0.209. The maximum absolute atomic E-state index is 9.42. The summed E-state index contributed by atoms with van der Waals surface area (Å²) in [4.78, 5) is 16.5. The smallest absolute Gasteiger partial charge is 0.164 e. The standard InChI is InChI=1S/C51H34N4O/c1-5-14-38(15-6-1)49-52-50(39-16-7-2-8-17-39)54-51(53-49)45-22-13-23-46-48(45)44-33-30-40(34-47(44)56-46)37-26-24-35(25-27-37)36-28-31-43(32-29-36)55(41-18-9-3-10-19-41)42-20-11-4-12-21-42/h1-34H/i13D,22D,23D,30D,33D,34D. The van der Waals surface area contributed by atoms with Crippen LogP contribution in [0, 0.1) is 0 Å². The van der Waals surface area contributed by atoms with Crippen molar-refractivity contribution in [2.24, 2.45) is 0 Å². The molecule has 0 aliphatic rings. The van der Waals surface area contributed by atoms with Crippen LogP contribution in [0.4, 0.5) is 17.1 Å². The van der Waals surface area contributed by atoms with Gasteiger partial charge in [-0.05, 0) is 76.8 Å². The van der Waals surface area contributed by atoms with Crippen molar-refractivity contribution < 1.29 is 12.6 Å². The largest absolute Gasteiger partial charge is 0.456 e. The molecule has 2 aromatic heterocycles. The molecule has 0 spiro atoms. The number of rotatable bonds is 8. The first-order valence-electron chi connectivity index (χ1n) is 21.2. The summed E-state index contributed by atoms with van der Waals surface area (Å²) in [6.45, 7) is 0. The van der Waals surface area contributed by atoms with Gasteiger partial charge in [0.05, 0.1) is 8.22 Å². The van der Waals surface area contributed by atoms with Crippen LogP contribution >= 0.6 is 0 Å². The summed E-state index contributed by atoms with van der Waals surface area (Å²) in [6.07, 6.45) is 0. The maximum atomic E-state index is 9.42. The van der Waals surface area contributed by atoms with Gasteiger partial charge in [-0.25, -0.2) is 15.0 Å². The first-order valence-corrected chi connectivity index (χ1v) is 18.2. The third kappa shape index (κ3) is 6.27. The molecule has 0 atom stereocenters. The first kappa shape index (κ1) is 27.0. The number of benzene rings is 8. The van der Waals surface area contributed by atoms with Gasteiger partial charge in [0, 0.05) is 44.5 Å². The van der Waals surface area contributed by atoms with Gasteiger partial charge in [-0.2, -0.15) is 0 Å². The molecule has 0 saturated carbocycles. The summed E-state index contributed by atoms with van der Waals surface area (Å²) < 4.78 is 61.2. The molecule has 2 heterocycles. The van der Waals surface area contributed by atoms with E-state index >= 15 is 0 Å². The molecule has 10 rings (SSSR count). The minimum Gasteiger partial charge on any atom is -0.456 e.